The molecule has 0 aliphatic heterocycles. The van der Waals surface area contributed by atoms with E-state index in [4.69, 9.17) is 16.3 Å². The molecular formula is C26H25ClFN3O3. The predicted octanol–water partition coefficient (Wildman–Crippen LogP) is 4.96. The van der Waals surface area contributed by atoms with Gasteiger partial charge in [-0.05, 0) is 65.6 Å². The maximum atomic E-state index is 13.0. The molecule has 0 heterocycles. The molecule has 0 aromatic heterocycles. The minimum atomic E-state index is -0.789. The summed E-state index contributed by atoms with van der Waals surface area (Å²) in [4.78, 5) is 25.1. The van der Waals surface area contributed by atoms with Crippen LogP contribution in [0.5, 0.6) is 5.75 Å². The number of amides is 2. The van der Waals surface area contributed by atoms with Crippen LogP contribution in [0.1, 0.15) is 35.3 Å². The molecule has 3 aromatic rings. The van der Waals surface area contributed by atoms with Crippen molar-refractivity contribution in [2.45, 2.75) is 26.5 Å². The number of nitrogens with zero attached hydrogens (tertiary/aromatic N) is 1. The molecule has 176 valence electrons. The smallest absolute Gasteiger partial charge is 0.262 e. The lowest BCUT2D eigenvalue weighted by atomic mass is 10.0. The van der Waals surface area contributed by atoms with E-state index in [1.54, 1.807) is 60.7 Å². The van der Waals surface area contributed by atoms with Crippen LogP contribution in [-0.4, -0.2) is 24.1 Å². The van der Waals surface area contributed by atoms with Crippen LogP contribution >= 0.6 is 11.6 Å². The molecule has 0 radical (unpaired) electrons. The van der Waals surface area contributed by atoms with Gasteiger partial charge in [-0.15, -0.1) is 0 Å². The second-order valence-corrected chi connectivity index (χ2v) is 8.30. The van der Waals surface area contributed by atoms with E-state index in [2.05, 4.69) is 15.8 Å². The maximum Gasteiger partial charge on any atom is 0.262 e. The Labute approximate surface area is 202 Å². The highest BCUT2D eigenvalue weighted by atomic mass is 35.5. The molecule has 8 heteroatoms. The Balaban J connectivity index is 1.53. The molecule has 1 atom stereocenters. The molecule has 0 saturated carbocycles. The highest BCUT2D eigenvalue weighted by Gasteiger charge is 2.25. The number of carbonyl (C=O) groups excluding carboxylic acids is 2. The van der Waals surface area contributed by atoms with Crippen LogP contribution in [0.4, 0.5) is 4.39 Å². The standard InChI is InChI=1S/C26H25ClFN3O3/c1-17(2)24(30-25(32)22-5-3-4-6-23(22)27)26(33)31-29-15-18-9-13-21(14-10-18)34-16-19-7-11-20(28)12-8-19/h3-15,17,24H,16H2,1-2H3,(H,30,32)(H,31,33). The van der Waals surface area contributed by atoms with Crippen LogP contribution < -0.4 is 15.5 Å². The molecule has 3 rings (SSSR count). The molecule has 0 aliphatic carbocycles. The zero-order valence-corrected chi connectivity index (χ0v) is 19.6. The molecule has 3 aromatic carbocycles. The first-order valence-corrected chi connectivity index (χ1v) is 11.1. The van der Waals surface area contributed by atoms with Crippen molar-refractivity contribution in [1.82, 2.24) is 10.7 Å². The zero-order chi connectivity index (χ0) is 24.5. The molecule has 0 fully saturated rings. The average Bonchev–Trinajstić information content (AvgIpc) is 2.83. The summed E-state index contributed by atoms with van der Waals surface area (Å²) in [6.07, 6.45) is 1.49. The summed E-state index contributed by atoms with van der Waals surface area (Å²) in [5.74, 6) is -0.681. The van der Waals surface area contributed by atoms with Crippen molar-refractivity contribution in [3.63, 3.8) is 0 Å². The Morgan fingerprint density at radius 3 is 2.35 bits per heavy atom. The van der Waals surface area contributed by atoms with Crippen molar-refractivity contribution >= 4 is 29.6 Å². The summed E-state index contributed by atoms with van der Waals surface area (Å²) >= 11 is 6.07. The van der Waals surface area contributed by atoms with E-state index in [0.29, 0.717) is 22.9 Å². The van der Waals surface area contributed by atoms with Gasteiger partial charge in [-0.2, -0.15) is 5.10 Å². The Morgan fingerprint density at radius 2 is 1.71 bits per heavy atom. The predicted molar refractivity (Wildman–Crippen MR) is 130 cm³/mol. The van der Waals surface area contributed by atoms with E-state index in [1.165, 1.54) is 18.3 Å². The third-order valence-electron chi connectivity index (χ3n) is 4.94. The molecule has 2 amide bonds. The van der Waals surface area contributed by atoms with E-state index in [1.807, 2.05) is 13.8 Å². The second-order valence-electron chi connectivity index (χ2n) is 7.89. The van der Waals surface area contributed by atoms with Crippen LogP contribution in [0.3, 0.4) is 0 Å². The van der Waals surface area contributed by atoms with Crippen LogP contribution in [0.25, 0.3) is 0 Å². The lowest BCUT2D eigenvalue weighted by Gasteiger charge is -2.20. The first-order valence-electron chi connectivity index (χ1n) is 10.7. The molecule has 0 bridgehead atoms. The summed E-state index contributed by atoms with van der Waals surface area (Å²) < 4.78 is 18.7. The van der Waals surface area contributed by atoms with Crippen molar-refractivity contribution < 1.29 is 18.7 Å². The number of halogens is 2. The molecule has 0 spiro atoms. The van der Waals surface area contributed by atoms with Crippen LogP contribution in [0.2, 0.25) is 5.02 Å². The van der Waals surface area contributed by atoms with E-state index in [9.17, 15) is 14.0 Å². The molecule has 0 saturated heterocycles. The van der Waals surface area contributed by atoms with Gasteiger partial charge in [0.25, 0.3) is 11.8 Å². The summed E-state index contributed by atoms with van der Waals surface area (Å²) in [7, 11) is 0. The highest BCUT2D eigenvalue weighted by Crippen LogP contribution is 2.16. The second kappa shape index (κ2) is 12.0. The van der Waals surface area contributed by atoms with Crippen molar-refractivity contribution in [2.75, 3.05) is 0 Å². The van der Waals surface area contributed by atoms with Crippen molar-refractivity contribution in [2.24, 2.45) is 11.0 Å². The van der Waals surface area contributed by atoms with Gasteiger partial charge in [-0.1, -0.05) is 49.7 Å². The topological polar surface area (TPSA) is 79.8 Å². The lowest BCUT2D eigenvalue weighted by molar-refractivity contribution is -0.123. The van der Waals surface area contributed by atoms with E-state index < -0.39 is 17.9 Å². The highest BCUT2D eigenvalue weighted by molar-refractivity contribution is 6.33. The maximum absolute atomic E-state index is 13.0. The molecule has 6 nitrogen and oxygen atoms in total. The molecule has 34 heavy (non-hydrogen) atoms. The fraction of sp³-hybridized carbons (Fsp3) is 0.192. The minimum Gasteiger partial charge on any atom is -0.489 e. The van der Waals surface area contributed by atoms with Gasteiger partial charge in [0, 0.05) is 0 Å². The number of hydrogen-bond donors (Lipinski definition) is 2. The van der Waals surface area contributed by atoms with Gasteiger partial charge < -0.3 is 10.1 Å². The minimum absolute atomic E-state index is 0.167. The number of hydrazone groups is 1. The number of nitrogens with one attached hydrogen (secondary N) is 2. The fourth-order valence-corrected chi connectivity index (χ4v) is 3.26. The number of carbonyl (C=O) groups is 2. The molecule has 0 aliphatic rings. The largest absolute Gasteiger partial charge is 0.489 e. The molecular weight excluding hydrogens is 457 g/mol. The molecule has 2 N–H and O–H groups in total. The van der Waals surface area contributed by atoms with Crippen molar-refractivity contribution in [3.8, 4) is 5.75 Å². The SMILES string of the molecule is CC(C)C(NC(=O)c1ccccc1Cl)C(=O)NN=Cc1ccc(OCc2ccc(F)cc2)cc1. The monoisotopic (exact) mass is 481 g/mol. The Morgan fingerprint density at radius 1 is 1.03 bits per heavy atom. The van der Waals surface area contributed by atoms with Gasteiger partial charge in [0.15, 0.2) is 0 Å². The normalized spacial score (nSPS) is 11.9. The van der Waals surface area contributed by atoms with Gasteiger partial charge in [-0.3, -0.25) is 9.59 Å². The van der Waals surface area contributed by atoms with Gasteiger partial charge in [0.2, 0.25) is 0 Å². The lowest BCUT2D eigenvalue weighted by Crippen LogP contribution is -2.48. The van der Waals surface area contributed by atoms with E-state index in [0.717, 1.165) is 11.1 Å². The van der Waals surface area contributed by atoms with Gasteiger partial charge in [0.05, 0.1) is 16.8 Å². The Hall–Kier alpha value is -3.71. The summed E-state index contributed by atoms with van der Waals surface area (Å²) in [5, 5.41) is 7.02. The number of ether oxygens (including phenoxy) is 1. The van der Waals surface area contributed by atoms with Crippen molar-refractivity contribution in [3.05, 3.63) is 100 Å². The number of benzene rings is 3. The third-order valence-corrected chi connectivity index (χ3v) is 5.27. The van der Waals surface area contributed by atoms with Crippen LogP contribution in [0.15, 0.2) is 77.9 Å². The van der Waals surface area contributed by atoms with Crippen LogP contribution in [0, 0.1) is 11.7 Å². The zero-order valence-electron chi connectivity index (χ0n) is 18.8. The Bertz CT molecular complexity index is 1150. The summed E-state index contributed by atoms with van der Waals surface area (Å²) in [6, 6.07) is 19.1. The Kier molecular flexibility index (Phi) is 8.76. The fourth-order valence-electron chi connectivity index (χ4n) is 3.04. The van der Waals surface area contributed by atoms with Gasteiger partial charge in [-0.25, -0.2) is 9.82 Å². The van der Waals surface area contributed by atoms with Gasteiger partial charge in [0.1, 0.15) is 24.2 Å². The van der Waals surface area contributed by atoms with Crippen LogP contribution in [-0.2, 0) is 11.4 Å². The summed E-state index contributed by atoms with van der Waals surface area (Å²) in [6.45, 7) is 3.97. The number of rotatable bonds is 9. The quantitative estimate of drug-likeness (QED) is 0.335. The molecule has 1 unspecified atom stereocenters. The first-order chi connectivity index (χ1) is 16.3. The van der Waals surface area contributed by atoms with E-state index >= 15 is 0 Å². The average molecular weight is 482 g/mol. The number of hydrogen-bond acceptors (Lipinski definition) is 4. The summed E-state index contributed by atoms with van der Waals surface area (Å²) in [5.41, 5.74) is 4.37. The van der Waals surface area contributed by atoms with E-state index in [-0.39, 0.29) is 11.7 Å². The van der Waals surface area contributed by atoms with Crippen molar-refractivity contribution in [1.29, 1.82) is 0 Å². The third kappa shape index (κ3) is 7.15. The van der Waals surface area contributed by atoms with Gasteiger partial charge >= 0.3 is 0 Å². The first kappa shape index (κ1) is 24.9.